The number of guanidine groups is 1. The van der Waals surface area contributed by atoms with Gasteiger partial charge in [0.15, 0.2) is 5.96 Å². The van der Waals surface area contributed by atoms with E-state index in [-0.39, 0.29) is 5.75 Å². The third-order valence-corrected chi connectivity index (χ3v) is 4.52. The summed E-state index contributed by atoms with van der Waals surface area (Å²) < 4.78 is 36.2. The molecule has 1 saturated heterocycles. The van der Waals surface area contributed by atoms with Gasteiger partial charge < -0.3 is 19.7 Å². The summed E-state index contributed by atoms with van der Waals surface area (Å²) in [5, 5.41) is 3.23. The maximum atomic E-state index is 12.6. The van der Waals surface area contributed by atoms with Crippen LogP contribution in [0.5, 0.6) is 5.75 Å². The van der Waals surface area contributed by atoms with Gasteiger partial charge in [-0.15, -0.1) is 0 Å². The fourth-order valence-electron chi connectivity index (χ4n) is 2.87. The number of piperidine rings is 1. The van der Waals surface area contributed by atoms with E-state index in [4.69, 9.17) is 4.74 Å². The molecule has 1 fully saturated rings. The number of alkyl halides is 2. The van der Waals surface area contributed by atoms with Crippen molar-refractivity contribution in [2.45, 2.75) is 39.0 Å². The Kier molecular flexibility index (Phi) is 7.90. The Labute approximate surface area is 155 Å². The number of ether oxygens (including phenoxy) is 2. The van der Waals surface area contributed by atoms with Crippen LogP contribution in [0.15, 0.2) is 27.7 Å². The first-order valence-electron chi connectivity index (χ1n) is 8.34. The van der Waals surface area contributed by atoms with Crippen LogP contribution in [0.1, 0.15) is 25.3 Å². The monoisotopic (exact) mass is 419 g/mol. The molecule has 140 valence electrons. The van der Waals surface area contributed by atoms with Crippen LogP contribution in [0.2, 0.25) is 0 Å². The van der Waals surface area contributed by atoms with Gasteiger partial charge in [-0.3, -0.25) is 4.99 Å². The Morgan fingerprint density at radius 1 is 1.40 bits per heavy atom. The second kappa shape index (κ2) is 9.91. The van der Waals surface area contributed by atoms with E-state index in [1.54, 1.807) is 19.2 Å². The predicted molar refractivity (Wildman–Crippen MR) is 97.2 cm³/mol. The minimum atomic E-state index is -2.85. The molecule has 1 heterocycles. The molecule has 1 aromatic rings. The van der Waals surface area contributed by atoms with Gasteiger partial charge in [-0.05, 0) is 38.0 Å². The standard InChI is InChI=1S/C17H24BrF2N3O2/c1-3-24-14-6-8-23(9-7-14)17(21-2)22-11-12-10-13(18)4-5-15(12)25-16(19)20/h4-5,10,14,16H,3,6-9,11H2,1-2H3,(H,21,22). The fourth-order valence-corrected chi connectivity index (χ4v) is 3.28. The number of aliphatic imine (C=N–C) groups is 1. The summed E-state index contributed by atoms with van der Waals surface area (Å²) >= 11 is 3.36. The molecule has 1 aliphatic heterocycles. The van der Waals surface area contributed by atoms with Crippen molar-refractivity contribution in [2.24, 2.45) is 4.99 Å². The van der Waals surface area contributed by atoms with Gasteiger partial charge >= 0.3 is 6.61 Å². The molecule has 0 radical (unpaired) electrons. The Morgan fingerprint density at radius 3 is 2.72 bits per heavy atom. The van der Waals surface area contributed by atoms with Crippen molar-refractivity contribution in [1.29, 1.82) is 0 Å². The maximum absolute atomic E-state index is 12.6. The highest BCUT2D eigenvalue weighted by Gasteiger charge is 2.21. The zero-order valence-electron chi connectivity index (χ0n) is 14.5. The second-order valence-electron chi connectivity index (χ2n) is 5.67. The van der Waals surface area contributed by atoms with Gasteiger partial charge in [0, 0.05) is 43.3 Å². The molecule has 1 aliphatic rings. The topological polar surface area (TPSA) is 46.1 Å². The lowest BCUT2D eigenvalue weighted by Gasteiger charge is -2.34. The highest BCUT2D eigenvalue weighted by molar-refractivity contribution is 9.10. The quantitative estimate of drug-likeness (QED) is 0.564. The van der Waals surface area contributed by atoms with Crippen LogP contribution in [0.3, 0.4) is 0 Å². The first-order chi connectivity index (χ1) is 12.0. The smallest absolute Gasteiger partial charge is 0.387 e. The largest absolute Gasteiger partial charge is 0.434 e. The zero-order chi connectivity index (χ0) is 18.2. The first-order valence-corrected chi connectivity index (χ1v) is 9.13. The number of rotatable bonds is 6. The maximum Gasteiger partial charge on any atom is 0.387 e. The summed E-state index contributed by atoms with van der Waals surface area (Å²) in [4.78, 5) is 6.45. The normalized spacial score (nSPS) is 16.4. The van der Waals surface area contributed by atoms with Crippen LogP contribution in [-0.4, -0.2) is 50.3 Å². The molecule has 0 unspecified atom stereocenters. The molecule has 0 bridgehead atoms. The van der Waals surface area contributed by atoms with E-state index in [1.807, 2.05) is 6.92 Å². The SMILES string of the molecule is CCOC1CCN(C(=NC)NCc2cc(Br)ccc2OC(F)F)CC1. The summed E-state index contributed by atoms with van der Waals surface area (Å²) in [6.45, 7) is 1.93. The number of likely N-dealkylation sites (tertiary alicyclic amines) is 1. The summed E-state index contributed by atoms with van der Waals surface area (Å²) in [5.74, 6) is 0.911. The van der Waals surface area contributed by atoms with Gasteiger partial charge in [-0.2, -0.15) is 8.78 Å². The Hall–Kier alpha value is -1.41. The molecular formula is C17H24BrF2N3O2. The molecule has 0 atom stereocenters. The van der Waals surface area contributed by atoms with Crippen LogP contribution in [-0.2, 0) is 11.3 Å². The Bertz CT molecular complexity index is 579. The molecule has 1 N–H and O–H groups in total. The van der Waals surface area contributed by atoms with Crippen molar-refractivity contribution in [1.82, 2.24) is 10.2 Å². The molecule has 25 heavy (non-hydrogen) atoms. The van der Waals surface area contributed by atoms with Crippen molar-refractivity contribution in [3.63, 3.8) is 0 Å². The lowest BCUT2D eigenvalue weighted by atomic mass is 10.1. The number of nitrogens with zero attached hydrogens (tertiary/aromatic N) is 2. The lowest BCUT2D eigenvalue weighted by Crippen LogP contribution is -2.46. The average Bonchev–Trinajstić information content (AvgIpc) is 2.59. The van der Waals surface area contributed by atoms with Crippen LogP contribution in [0.4, 0.5) is 8.78 Å². The predicted octanol–water partition coefficient (Wildman–Crippen LogP) is 3.63. The van der Waals surface area contributed by atoms with E-state index in [1.165, 1.54) is 6.07 Å². The number of nitrogens with one attached hydrogen (secondary N) is 1. The molecule has 0 aliphatic carbocycles. The highest BCUT2D eigenvalue weighted by Crippen LogP contribution is 2.25. The van der Waals surface area contributed by atoms with E-state index < -0.39 is 6.61 Å². The third kappa shape index (κ3) is 6.11. The van der Waals surface area contributed by atoms with E-state index in [2.05, 4.69) is 35.9 Å². The van der Waals surface area contributed by atoms with Gasteiger partial charge in [0.25, 0.3) is 0 Å². The van der Waals surface area contributed by atoms with E-state index in [9.17, 15) is 8.78 Å². The highest BCUT2D eigenvalue weighted by atomic mass is 79.9. The van der Waals surface area contributed by atoms with Crippen LogP contribution in [0, 0.1) is 0 Å². The van der Waals surface area contributed by atoms with Gasteiger partial charge in [-0.25, -0.2) is 0 Å². The molecule has 0 spiro atoms. The second-order valence-corrected chi connectivity index (χ2v) is 6.59. The molecule has 8 heteroatoms. The number of halogens is 3. The van der Waals surface area contributed by atoms with E-state index in [0.29, 0.717) is 18.2 Å². The van der Waals surface area contributed by atoms with Crippen molar-refractivity contribution < 1.29 is 18.3 Å². The molecule has 0 aromatic heterocycles. The minimum absolute atomic E-state index is 0.163. The number of hydrogen-bond acceptors (Lipinski definition) is 3. The lowest BCUT2D eigenvalue weighted by molar-refractivity contribution is -0.0504. The van der Waals surface area contributed by atoms with Crippen molar-refractivity contribution in [2.75, 3.05) is 26.7 Å². The van der Waals surface area contributed by atoms with E-state index in [0.717, 1.165) is 43.0 Å². The number of hydrogen-bond donors (Lipinski definition) is 1. The summed E-state index contributed by atoms with van der Waals surface area (Å²) in [7, 11) is 1.72. The molecule has 5 nitrogen and oxygen atoms in total. The first kappa shape index (κ1) is 19.9. The Balaban J connectivity index is 1.96. The van der Waals surface area contributed by atoms with Gasteiger partial charge in [0.2, 0.25) is 0 Å². The Morgan fingerprint density at radius 2 is 2.12 bits per heavy atom. The van der Waals surface area contributed by atoms with Crippen molar-refractivity contribution in [3.8, 4) is 5.75 Å². The molecule has 0 saturated carbocycles. The molecule has 1 aromatic carbocycles. The van der Waals surface area contributed by atoms with Crippen LogP contribution >= 0.6 is 15.9 Å². The summed E-state index contributed by atoms with van der Waals surface area (Å²) in [6.07, 6.45) is 2.20. The van der Waals surface area contributed by atoms with E-state index >= 15 is 0 Å². The average molecular weight is 420 g/mol. The summed E-state index contributed by atoms with van der Waals surface area (Å²) in [6, 6.07) is 4.97. The molecule has 2 rings (SSSR count). The van der Waals surface area contributed by atoms with Gasteiger partial charge in [0.1, 0.15) is 5.75 Å². The zero-order valence-corrected chi connectivity index (χ0v) is 16.1. The third-order valence-electron chi connectivity index (χ3n) is 4.03. The molecular weight excluding hydrogens is 396 g/mol. The van der Waals surface area contributed by atoms with Crippen molar-refractivity contribution in [3.05, 3.63) is 28.2 Å². The van der Waals surface area contributed by atoms with Gasteiger partial charge in [-0.1, -0.05) is 15.9 Å². The van der Waals surface area contributed by atoms with Crippen LogP contribution < -0.4 is 10.1 Å². The fraction of sp³-hybridized carbons (Fsp3) is 0.588. The minimum Gasteiger partial charge on any atom is -0.434 e. The summed E-state index contributed by atoms with van der Waals surface area (Å²) in [5.41, 5.74) is 0.639. The van der Waals surface area contributed by atoms with Crippen molar-refractivity contribution >= 4 is 21.9 Å². The molecule has 0 amide bonds. The number of benzene rings is 1. The van der Waals surface area contributed by atoms with Crippen LogP contribution in [0.25, 0.3) is 0 Å². The van der Waals surface area contributed by atoms with Gasteiger partial charge in [0.05, 0.1) is 6.10 Å².